The summed E-state index contributed by atoms with van der Waals surface area (Å²) in [6.07, 6.45) is 5.76. The number of nitrogens with zero attached hydrogens (tertiary/aromatic N) is 2. The van der Waals surface area contributed by atoms with E-state index in [1.165, 1.54) is 17.4 Å². The average molecular weight is 503 g/mol. The highest BCUT2D eigenvalue weighted by Gasteiger charge is 2.28. The molecule has 4 rings (SSSR count). The number of carbonyl (C=O) groups excluding carboxylic acids is 2. The van der Waals surface area contributed by atoms with Gasteiger partial charge in [-0.1, -0.05) is 0 Å². The van der Waals surface area contributed by atoms with Crippen molar-refractivity contribution in [2.75, 3.05) is 29.9 Å². The predicted octanol–water partition coefficient (Wildman–Crippen LogP) is 4.44. The molecule has 1 amide bonds. The van der Waals surface area contributed by atoms with Gasteiger partial charge in [-0.15, -0.1) is 11.3 Å². The molecule has 1 fully saturated rings. The number of amides is 1. The first kappa shape index (κ1) is 24.1. The third-order valence-corrected chi connectivity index (χ3v) is 7.40. The van der Waals surface area contributed by atoms with E-state index < -0.39 is 16.8 Å². The molecule has 0 bridgehead atoms. The summed E-state index contributed by atoms with van der Waals surface area (Å²) in [5.41, 5.74) is 2.00. The molecule has 0 atom stereocenters. The minimum absolute atomic E-state index is 0.0123. The number of nitro groups is 1. The van der Waals surface area contributed by atoms with Crippen LogP contribution in [0.2, 0.25) is 0 Å². The topological polar surface area (TPSA) is 114 Å². The number of rotatable bonds is 6. The molecule has 0 radical (unpaired) electrons. The Bertz CT molecular complexity index is 1140. The van der Waals surface area contributed by atoms with Crippen molar-refractivity contribution in [2.45, 2.75) is 45.4 Å². The quantitative estimate of drug-likeness (QED) is 0.258. The van der Waals surface area contributed by atoms with Crippen LogP contribution >= 0.6 is 23.6 Å². The first-order valence-electron chi connectivity index (χ1n) is 11.4. The molecule has 1 aromatic carbocycles. The number of anilines is 2. The fourth-order valence-electron chi connectivity index (χ4n) is 4.43. The number of thiocarbonyl (C=S) groups is 1. The molecular formula is C23H26N4O5S2. The van der Waals surface area contributed by atoms with Gasteiger partial charge in [-0.3, -0.25) is 20.2 Å². The normalized spacial score (nSPS) is 14.9. The zero-order valence-electron chi connectivity index (χ0n) is 18.8. The molecule has 1 aliphatic carbocycles. The first-order valence-corrected chi connectivity index (χ1v) is 12.6. The number of fused-ring (bicyclic) bond motifs is 1. The Balaban J connectivity index is 1.49. The van der Waals surface area contributed by atoms with E-state index in [2.05, 4.69) is 10.6 Å². The molecule has 0 spiro atoms. The maximum atomic E-state index is 12.8. The van der Waals surface area contributed by atoms with E-state index >= 15 is 0 Å². The van der Waals surface area contributed by atoms with Crippen LogP contribution in [0.5, 0.6) is 0 Å². The van der Waals surface area contributed by atoms with Crippen molar-refractivity contribution in [2.24, 2.45) is 0 Å². The van der Waals surface area contributed by atoms with Gasteiger partial charge in [-0.25, -0.2) is 4.79 Å². The molecule has 2 aliphatic rings. The second-order valence-corrected chi connectivity index (χ2v) is 9.71. The highest BCUT2D eigenvalue weighted by atomic mass is 32.1. The summed E-state index contributed by atoms with van der Waals surface area (Å²) in [4.78, 5) is 39.7. The molecule has 11 heteroatoms. The van der Waals surface area contributed by atoms with E-state index in [9.17, 15) is 19.7 Å². The largest absolute Gasteiger partial charge is 0.462 e. The molecule has 1 aromatic heterocycles. The summed E-state index contributed by atoms with van der Waals surface area (Å²) in [6.45, 7) is 3.52. The zero-order chi connectivity index (χ0) is 24.2. The first-order chi connectivity index (χ1) is 16.4. The average Bonchev–Trinajstić information content (AvgIpc) is 3.40. The molecule has 9 nitrogen and oxygen atoms in total. The maximum Gasteiger partial charge on any atom is 0.341 e. The lowest BCUT2D eigenvalue weighted by Gasteiger charge is -2.28. The number of hydrogen-bond acceptors (Lipinski definition) is 8. The number of ether oxygens (including phenoxy) is 1. The van der Waals surface area contributed by atoms with Crippen LogP contribution in [0.4, 0.5) is 16.4 Å². The molecule has 2 heterocycles. The summed E-state index contributed by atoms with van der Waals surface area (Å²) in [6, 6.07) is 4.47. The molecule has 0 unspecified atom stereocenters. The van der Waals surface area contributed by atoms with E-state index in [4.69, 9.17) is 17.0 Å². The SMILES string of the molecule is CCOC(=O)c1c(NC(=S)NC(=O)c2ccc(N3CCCCC3)c([N+](=O)[O-])c2)sc2c1CCC2. The monoisotopic (exact) mass is 502 g/mol. The number of piperidine rings is 1. The number of aryl methyl sites for hydroxylation is 1. The Hall–Kier alpha value is -3.05. The second kappa shape index (κ2) is 10.5. The zero-order valence-corrected chi connectivity index (χ0v) is 20.5. The number of nitro benzene ring substituents is 1. The second-order valence-electron chi connectivity index (χ2n) is 8.20. The van der Waals surface area contributed by atoms with Crippen LogP contribution in [0, 0.1) is 10.1 Å². The van der Waals surface area contributed by atoms with Crippen LogP contribution < -0.4 is 15.5 Å². The lowest BCUT2D eigenvalue weighted by Crippen LogP contribution is -2.34. The minimum atomic E-state index is -0.562. The van der Waals surface area contributed by atoms with Crippen LogP contribution in [0.15, 0.2) is 18.2 Å². The third kappa shape index (κ3) is 5.05. The summed E-state index contributed by atoms with van der Waals surface area (Å²) >= 11 is 6.74. The molecule has 34 heavy (non-hydrogen) atoms. The summed E-state index contributed by atoms with van der Waals surface area (Å²) < 4.78 is 5.21. The molecule has 180 valence electrons. The van der Waals surface area contributed by atoms with Gasteiger partial charge < -0.3 is 15.0 Å². The van der Waals surface area contributed by atoms with Crippen molar-refractivity contribution in [3.63, 3.8) is 0 Å². The Morgan fingerprint density at radius 2 is 1.97 bits per heavy atom. The van der Waals surface area contributed by atoms with Gasteiger partial charge in [0.25, 0.3) is 11.6 Å². The van der Waals surface area contributed by atoms with Crippen LogP contribution in [0.1, 0.15) is 63.8 Å². The Morgan fingerprint density at radius 1 is 1.21 bits per heavy atom. The van der Waals surface area contributed by atoms with Crippen molar-refractivity contribution in [1.29, 1.82) is 0 Å². The number of benzene rings is 1. The fraction of sp³-hybridized carbons (Fsp3) is 0.435. The number of nitrogens with one attached hydrogen (secondary N) is 2. The third-order valence-electron chi connectivity index (χ3n) is 5.99. The van der Waals surface area contributed by atoms with E-state index in [0.717, 1.165) is 62.1 Å². The van der Waals surface area contributed by atoms with Gasteiger partial charge in [0.15, 0.2) is 5.11 Å². The number of hydrogen-bond donors (Lipinski definition) is 2. The summed E-state index contributed by atoms with van der Waals surface area (Å²) in [5, 5.41) is 17.8. The molecular weight excluding hydrogens is 476 g/mol. The van der Waals surface area contributed by atoms with Gasteiger partial charge in [0, 0.05) is 29.6 Å². The Kier molecular flexibility index (Phi) is 7.42. The molecule has 2 aromatic rings. The highest BCUT2D eigenvalue weighted by molar-refractivity contribution is 7.80. The Labute approximate surface area is 206 Å². The number of esters is 1. The van der Waals surface area contributed by atoms with Gasteiger partial charge in [0.2, 0.25) is 0 Å². The van der Waals surface area contributed by atoms with E-state index in [0.29, 0.717) is 16.3 Å². The van der Waals surface area contributed by atoms with Gasteiger partial charge in [0.1, 0.15) is 10.7 Å². The highest BCUT2D eigenvalue weighted by Crippen LogP contribution is 2.39. The van der Waals surface area contributed by atoms with Crippen LogP contribution in [0.3, 0.4) is 0 Å². The smallest absolute Gasteiger partial charge is 0.341 e. The van der Waals surface area contributed by atoms with Crippen molar-refractivity contribution < 1.29 is 19.2 Å². The lowest BCUT2D eigenvalue weighted by atomic mass is 10.1. The predicted molar refractivity (Wildman–Crippen MR) is 135 cm³/mol. The number of carbonyl (C=O) groups is 2. The summed E-state index contributed by atoms with van der Waals surface area (Å²) in [5.74, 6) is -0.977. The summed E-state index contributed by atoms with van der Waals surface area (Å²) in [7, 11) is 0. The van der Waals surface area contributed by atoms with Crippen molar-refractivity contribution in [3.8, 4) is 0 Å². The van der Waals surface area contributed by atoms with Crippen LogP contribution in [-0.4, -0.2) is 41.6 Å². The van der Waals surface area contributed by atoms with Gasteiger partial charge in [-0.05, 0) is 75.4 Å². The molecule has 1 saturated heterocycles. The van der Waals surface area contributed by atoms with Gasteiger partial charge >= 0.3 is 5.97 Å². The lowest BCUT2D eigenvalue weighted by molar-refractivity contribution is -0.384. The van der Waals surface area contributed by atoms with E-state index in [1.54, 1.807) is 19.1 Å². The minimum Gasteiger partial charge on any atom is -0.462 e. The van der Waals surface area contributed by atoms with E-state index in [1.807, 2.05) is 4.90 Å². The number of thiophene rings is 1. The van der Waals surface area contributed by atoms with Gasteiger partial charge in [-0.2, -0.15) is 0 Å². The molecule has 1 aliphatic heterocycles. The molecule has 2 N–H and O–H groups in total. The standard InChI is InChI=1S/C23H26N4O5S2/c1-2-32-22(29)19-15-7-6-8-18(15)34-21(19)25-23(33)24-20(28)14-9-10-16(17(13-14)27(30)31)26-11-4-3-5-12-26/h9-10,13H,2-8,11-12H2,1H3,(H2,24,25,28,33). The Morgan fingerprint density at radius 3 is 2.68 bits per heavy atom. The fourth-order valence-corrected chi connectivity index (χ4v) is 5.98. The van der Waals surface area contributed by atoms with Gasteiger partial charge in [0.05, 0.1) is 17.1 Å². The van der Waals surface area contributed by atoms with E-state index in [-0.39, 0.29) is 23.0 Å². The van der Waals surface area contributed by atoms with Crippen molar-refractivity contribution >= 4 is 56.9 Å². The van der Waals surface area contributed by atoms with Crippen LogP contribution in [0.25, 0.3) is 0 Å². The van der Waals surface area contributed by atoms with Crippen molar-refractivity contribution in [1.82, 2.24) is 5.32 Å². The van der Waals surface area contributed by atoms with Crippen LogP contribution in [-0.2, 0) is 17.6 Å². The maximum absolute atomic E-state index is 12.8. The molecule has 0 saturated carbocycles. The van der Waals surface area contributed by atoms with Crippen molar-refractivity contribution in [3.05, 3.63) is 49.9 Å².